The first kappa shape index (κ1) is 19.6. The van der Waals surface area contributed by atoms with Crippen LogP contribution in [0.1, 0.15) is 5.56 Å². The summed E-state index contributed by atoms with van der Waals surface area (Å²) in [7, 11) is 2.12. The van der Waals surface area contributed by atoms with Gasteiger partial charge in [-0.25, -0.2) is 4.79 Å². The van der Waals surface area contributed by atoms with Crippen molar-refractivity contribution in [2.75, 3.05) is 38.5 Å². The molecule has 1 N–H and O–H groups in total. The third-order valence-electron chi connectivity index (χ3n) is 5.08. The summed E-state index contributed by atoms with van der Waals surface area (Å²) in [5.41, 5.74) is 2.12. The number of fused-ring (bicyclic) bond motifs is 1. The number of amides is 1. The summed E-state index contributed by atoms with van der Waals surface area (Å²) in [6.07, 6.45) is 1.13. The van der Waals surface area contributed by atoms with Gasteiger partial charge in [0.2, 0.25) is 0 Å². The number of hydrogen-bond acceptors (Lipinski definition) is 5. The Balaban J connectivity index is 1.64. The second-order valence-corrected chi connectivity index (χ2v) is 7.61. The van der Waals surface area contributed by atoms with E-state index in [0.29, 0.717) is 28.5 Å². The largest absolute Gasteiger partial charge is 0.417 e. The SMILES string of the molecule is CN1CCN(Cc2cc(Cl)c3cccnc3c2OC(=O)Nc2ccccc2)CC1. The van der Waals surface area contributed by atoms with Gasteiger partial charge in [0.25, 0.3) is 0 Å². The van der Waals surface area contributed by atoms with Crippen molar-refractivity contribution in [1.29, 1.82) is 0 Å². The number of carbonyl (C=O) groups excluding carboxylic acids is 1. The van der Waals surface area contributed by atoms with Crippen molar-refractivity contribution >= 4 is 34.3 Å². The number of aromatic nitrogens is 1. The van der Waals surface area contributed by atoms with Gasteiger partial charge in [0.15, 0.2) is 5.75 Å². The number of likely N-dealkylation sites (N-methyl/N-ethyl adjacent to an activating group) is 1. The fourth-order valence-electron chi connectivity index (χ4n) is 3.46. The van der Waals surface area contributed by atoms with Gasteiger partial charge in [-0.3, -0.25) is 15.2 Å². The standard InChI is InChI=1S/C22H23ClN4O2/c1-26-10-12-27(13-11-26)15-16-14-19(23)18-8-5-9-24-20(18)21(16)29-22(28)25-17-6-3-2-4-7-17/h2-9,14H,10-13,15H2,1H3,(H,25,28). The lowest BCUT2D eigenvalue weighted by molar-refractivity contribution is 0.147. The Morgan fingerprint density at radius 1 is 1.14 bits per heavy atom. The van der Waals surface area contributed by atoms with E-state index in [1.165, 1.54) is 0 Å². The van der Waals surface area contributed by atoms with Crippen LogP contribution in [0.3, 0.4) is 0 Å². The predicted octanol–water partition coefficient (Wildman–Crippen LogP) is 4.25. The molecule has 2 aromatic carbocycles. The highest BCUT2D eigenvalue weighted by atomic mass is 35.5. The Morgan fingerprint density at radius 2 is 1.90 bits per heavy atom. The lowest BCUT2D eigenvalue weighted by atomic mass is 10.1. The van der Waals surface area contributed by atoms with Gasteiger partial charge < -0.3 is 9.64 Å². The quantitative estimate of drug-likeness (QED) is 0.696. The molecule has 1 amide bonds. The van der Waals surface area contributed by atoms with Crippen LogP contribution in [0.2, 0.25) is 5.02 Å². The van der Waals surface area contributed by atoms with Crippen LogP contribution >= 0.6 is 11.6 Å². The normalized spacial score (nSPS) is 15.4. The van der Waals surface area contributed by atoms with Gasteiger partial charge in [0.05, 0.1) is 5.02 Å². The number of nitrogens with one attached hydrogen (secondary N) is 1. The molecule has 0 saturated carbocycles. The van der Waals surface area contributed by atoms with Gasteiger partial charge in [-0.1, -0.05) is 29.8 Å². The predicted molar refractivity (Wildman–Crippen MR) is 116 cm³/mol. The summed E-state index contributed by atoms with van der Waals surface area (Å²) < 4.78 is 5.77. The number of halogens is 1. The van der Waals surface area contributed by atoms with E-state index in [1.54, 1.807) is 6.20 Å². The van der Waals surface area contributed by atoms with E-state index >= 15 is 0 Å². The van der Waals surface area contributed by atoms with Gasteiger partial charge in [-0.05, 0) is 37.4 Å². The maximum Gasteiger partial charge on any atom is 0.417 e. The average Bonchev–Trinajstić information content (AvgIpc) is 2.73. The number of pyridine rings is 1. The maximum atomic E-state index is 12.6. The molecule has 1 aliphatic rings. The smallest absolute Gasteiger partial charge is 0.407 e. The summed E-state index contributed by atoms with van der Waals surface area (Å²) in [4.78, 5) is 21.7. The van der Waals surface area contributed by atoms with Gasteiger partial charge in [0.1, 0.15) is 5.52 Å². The van der Waals surface area contributed by atoms with Gasteiger partial charge >= 0.3 is 6.09 Å². The average molecular weight is 411 g/mol. The number of rotatable bonds is 4. The van der Waals surface area contributed by atoms with Crippen LogP contribution in [0.15, 0.2) is 54.7 Å². The van der Waals surface area contributed by atoms with E-state index in [1.807, 2.05) is 48.5 Å². The molecule has 0 radical (unpaired) electrons. The van der Waals surface area contributed by atoms with E-state index in [9.17, 15) is 4.79 Å². The van der Waals surface area contributed by atoms with Gasteiger partial charge in [-0.15, -0.1) is 0 Å². The Labute approximate surface area is 175 Å². The Kier molecular flexibility index (Phi) is 5.94. The van der Waals surface area contributed by atoms with E-state index in [2.05, 4.69) is 27.1 Å². The number of hydrogen-bond donors (Lipinski definition) is 1. The third kappa shape index (κ3) is 4.67. The molecule has 1 fully saturated rings. The molecule has 4 rings (SSSR count). The number of ether oxygens (including phenoxy) is 1. The van der Waals surface area contributed by atoms with Crippen molar-refractivity contribution < 1.29 is 9.53 Å². The molecule has 0 atom stereocenters. The summed E-state index contributed by atoms with van der Waals surface area (Å²) in [5, 5.41) is 4.13. The molecule has 0 bridgehead atoms. The molecule has 0 aliphatic carbocycles. The van der Waals surface area contributed by atoms with Crippen molar-refractivity contribution in [3.8, 4) is 5.75 Å². The van der Waals surface area contributed by atoms with Crippen LogP contribution in [0.5, 0.6) is 5.75 Å². The summed E-state index contributed by atoms with van der Waals surface area (Å²) in [6, 6.07) is 14.8. The molecule has 1 saturated heterocycles. The van der Waals surface area contributed by atoms with E-state index in [-0.39, 0.29) is 0 Å². The minimum atomic E-state index is -0.551. The lowest BCUT2D eigenvalue weighted by Crippen LogP contribution is -2.43. The number of piperazine rings is 1. The van der Waals surface area contributed by atoms with Crippen molar-refractivity contribution in [2.24, 2.45) is 0 Å². The first-order chi connectivity index (χ1) is 14.1. The molecule has 7 heteroatoms. The number of carbonyl (C=O) groups is 1. The molecular weight excluding hydrogens is 388 g/mol. The molecular formula is C22H23ClN4O2. The molecule has 0 spiro atoms. The summed E-state index contributed by atoms with van der Waals surface area (Å²) in [5.74, 6) is 0.456. The van der Waals surface area contributed by atoms with Crippen LogP contribution in [0.25, 0.3) is 10.9 Å². The second-order valence-electron chi connectivity index (χ2n) is 7.21. The number of para-hydroxylation sites is 1. The van der Waals surface area contributed by atoms with Crippen LogP contribution in [-0.4, -0.2) is 54.1 Å². The zero-order valence-electron chi connectivity index (χ0n) is 16.3. The maximum absolute atomic E-state index is 12.6. The first-order valence-corrected chi connectivity index (χ1v) is 9.99. The molecule has 0 unspecified atom stereocenters. The zero-order valence-corrected chi connectivity index (χ0v) is 17.0. The minimum Gasteiger partial charge on any atom is -0.407 e. The van der Waals surface area contributed by atoms with Crippen molar-refractivity contribution in [2.45, 2.75) is 6.54 Å². The first-order valence-electron chi connectivity index (χ1n) is 9.61. The lowest BCUT2D eigenvalue weighted by Gasteiger charge is -2.32. The van der Waals surface area contributed by atoms with Crippen molar-refractivity contribution in [3.63, 3.8) is 0 Å². The van der Waals surface area contributed by atoms with Crippen molar-refractivity contribution in [3.05, 3.63) is 65.3 Å². The van der Waals surface area contributed by atoms with Crippen LogP contribution in [0.4, 0.5) is 10.5 Å². The highest BCUT2D eigenvalue weighted by Crippen LogP contribution is 2.35. The highest BCUT2D eigenvalue weighted by Gasteiger charge is 2.21. The van der Waals surface area contributed by atoms with Gasteiger partial charge in [0, 0.05) is 55.6 Å². The van der Waals surface area contributed by atoms with Crippen LogP contribution < -0.4 is 10.1 Å². The summed E-state index contributed by atoms with van der Waals surface area (Å²) >= 11 is 6.52. The van der Waals surface area contributed by atoms with E-state index in [4.69, 9.17) is 16.3 Å². The number of benzene rings is 2. The molecule has 2 heterocycles. The second kappa shape index (κ2) is 8.78. The van der Waals surface area contributed by atoms with E-state index in [0.717, 1.165) is 37.1 Å². The Hall–Kier alpha value is -2.67. The third-order valence-corrected chi connectivity index (χ3v) is 5.39. The Bertz CT molecular complexity index is 1000. The molecule has 1 aliphatic heterocycles. The molecule has 150 valence electrons. The van der Waals surface area contributed by atoms with Crippen molar-refractivity contribution in [1.82, 2.24) is 14.8 Å². The van der Waals surface area contributed by atoms with E-state index < -0.39 is 6.09 Å². The fourth-order valence-corrected chi connectivity index (χ4v) is 3.75. The summed E-state index contributed by atoms with van der Waals surface area (Å²) in [6.45, 7) is 4.55. The highest BCUT2D eigenvalue weighted by molar-refractivity contribution is 6.35. The zero-order chi connectivity index (χ0) is 20.2. The Morgan fingerprint density at radius 3 is 2.66 bits per heavy atom. The van der Waals surface area contributed by atoms with Gasteiger partial charge in [-0.2, -0.15) is 0 Å². The number of nitrogens with zero attached hydrogens (tertiary/aromatic N) is 3. The number of anilines is 1. The molecule has 3 aromatic rings. The van der Waals surface area contributed by atoms with Crippen LogP contribution in [0, 0.1) is 0 Å². The van der Waals surface area contributed by atoms with Crippen LogP contribution in [-0.2, 0) is 6.54 Å². The molecule has 29 heavy (non-hydrogen) atoms. The topological polar surface area (TPSA) is 57.7 Å². The minimum absolute atomic E-state index is 0.456. The monoisotopic (exact) mass is 410 g/mol. The molecule has 6 nitrogen and oxygen atoms in total. The molecule has 1 aromatic heterocycles. The fraction of sp³-hybridized carbons (Fsp3) is 0.273.